The largest absolute Gasteiger partial charge is 0.383 e. The number of carbonyl (C=O) groups excluding carboxylic acids is 1. The fourth-order valence-corrected chi connectivity index (χ4v) is 3.45. The molecule has 4 rings (SSSR count). The first-order valence-electron chi connectivity index (χ1n) is 8.97. The first-order valence-corrected chi connectivity index (χ1v) is 8.97. The van der Waals surface area contributed by atoms with Crippen LogP contribution in [0, 0.1) is 5.82 Å². The Labute approximate surface area is 151 Å². The van der Waals surface area contributed by atoms with Crippen molar-refractivity contribution in [2.24, 2.45) is 0 Å². The third-order valence-corrected chi connectivity index (χ3v) is 5.09. The molecule has 1 aromatic heterocycles. The molecule has 1 saturated carbocycles. The second-order valence-electron chi connectivity index (χ2n) is 7.05. The lowest BCUT2D eigenvalue weighted by Gasteiger charge is -2.41. The topological polar surface area (TPSA) is 75.3 Å². The van der Waals surface area contributed by atoms with Crippen LogP contribution in [0.3, 0.4) is 0 Å². The summed E-state index contributed by atoms with van der Waals surface area (Å²) in [5, 5.41) is 0. The number of carbonyl (C=O) groups is 1. The molecular formula is C19H22FN5O. The Bertz CT molecular complexity index is 838. The van der Waals surface area contributed by atoms with E-state index in [0.717, 1.165) is 18.7 Å². The quantitative estimate of drug-likeness (QED) is 0.915. The summed E-state index contributed by atoms with van der Waals surface area (Å²) in [5.74, 6) is 0.968. The number of hydrogen-bond acceptors (Lipinski definition) is 5. The maximum atomic E-state index is 14.0. The van der Waals surface area contributed by atoms with Gasteiger partial charge in [0.1, 0.15) is 23.0 Å². The third kappa shape index (κ3) is 3.09. The van der Waals surface area contributed by atoms with Crippen molar-refractivity contribution in [1.82, 2.24) is 14.9 Å². The predicted molar refractivity (Wildman–Crippen MR) is 97.5 cm³/mol. The number of nitrogen functional groups attached to an aromatic ring is 1. The Hall–Kier alpha value is -2.70. The van der Waals surface area contributed by atoms with Gasteiger partial charge in [-0.05, 0) is 31.9 Å². The minimum absolute atomic E-state index is 0.0710. The van der Waals surface area contributed by atoms with Crippen molar-refractivity contribution in [2.45, 2.75) is 31.7 Å². The molecule has 1 amide bonds. The Balaban J connectivity index is 1.49. The summed E-state index contributed by atoms with van der Waals surface area (Å²) in [4.78, 5) is 25.3. The van der Waals surface area contributed by atoms with Gasteiger partial charge in [0.05, 0.1) is 5.69 Å². The summed E-state index contributed by atoms with van der Waals surface area (Å²) >= 11 is 0. The molecule has 2 aromatic rings. The molecule has 6 nitrogen and oxygen atoms in total. The Kier molecular flexibility index (Phi) is 4.22. The van der Waals surface area contributed by atoms with Crippen molar-refractivity contribution >= 4 is 17.4 Å². The molecule has 1 aliphatic carbocycles. The fraction of sp³-hybridized carbons (Fsp3) is 0.421. The average molecular weight is 355 g/mol. The van der Waals surface area contributed by atoms with Crippen LogP contribution < -0.4 is 10.6 Å². The monoisotopic (exact) mass is 355 g/mol. The maximum Gasteiger partial charge on any atom is 0.259 e. The lowest BCUT2D eigenvalue weighted by atomic mass is 10.1. The average Bonchev–Trinajstić information content (AvgIpc) is 3.46. The molecule has 1 aliphatic heterocycles. The van der Waals surface area contributed by atoms with Crippen molar-refractivity contribution in [3.63, 3.8) is 0 Å². The van der Waals surface area contributed by atoms with Crippen LogP contribution in [-0.2, 0) is 0 Å². The van der Waals surface area contributed by atoms with Gasteiger partial charge in [0, 0.05) is 37.8 Å². The van der Waals surface area contributed by atoms with Crippen molar-refractivity contribution in [3.8, 4) is 0 Å². The van der Waals surface area contributed by atoms with Crippen LogP contribution in [0.4, 0.5) is 15.9 Å². The van der Waals surface area contributed by atoms with Crippen LogP contribution in [-0.4, -0.2) is 46.5 Å². The smallest absolute Gasteiger partial charge is 0.259 e. The van der Waals surface area contributed by atoms with Crippen LogP contribution in [0.5, 0.6) is 0 Å². The molecule has 0 radical (unpaired) electrons. The number of nitrogens with two attached hydrogens (primary N) is 1. The Morgan fingerprint density at radius 2 is 2.04 bits per heavy atom. The highest BCUT2D eigenvalue weighted by molar-refractivity contribution is 5.98. The molecule has 0 bridgehead atoms. The van der Waals surface area contributed by atoms with Gasteiger partial charge in [0.25, 0.3) is 5.91 Å². The van der Waals surface area contributed by atoms with Gasteiger partial charge in [-0.3, -0.25) is 4.79 Å². The van der Waals surface area contributed by atoms with Gasteiger partial charge in [-0.2, -0.15) is 0 Å². The molecular weight excluding hydrogens is 333 g/mol. The lowest BCUT2D eigenvalue weighted by molar-refractivity contribution is 0.0674. The van der Waals surface area contributed by atoms with Gasteiger partial charge in [-0.1, -0.05) is 12.1 Å². The molecule has 1 unspecified atom stereocenters. The number of rotatable bonds is 3. The van der Waals surface area contributed by atoms with Crippen molar-refractivity contribution in [2.75, 3.05) is 30.3 Å². The zero-order chi connectivity index (χ0) is 18.3. The van der Waals surface area contributed by atoms with E-state index >= 15 is 0 Å². The standard InChI is InChI=1S/C19H22FN5O/c1-12-11-24(16-5-3-2-4-15(16)20)8-9-25(12)19(26)14-10-22-18(13-6-7-13)23-17(14)21/h2-5,10,12-13H,6-9,11H2,1H3,(H2,21,22,23). The molecule has 0 spiro atoms. The van der Waals surface area contributed by atoms with E-state index < -0.39 is 0 Å². The van der Waals surface area contributed by atoms with Gasteiger partial charge in [0.2, 0.25) is 0 Å². The summed E-state index contributed by atoms with van der Waals surface area (Å²) in [6.07, 6.45) is 3.72. The van der Waals surface area contributed by atoms with Crippen LogP contribution in [0.2, 0.25) is 0 Å². The maximum absolute atomic E-state index is 14.0. The molecule has 2 aliphatic rings. The SMILES string of the molecule is CC1CN(c2ccccc2F)CCN1C(=O)c1cnc(C2CC2)nc1N. The zero-order valence-electron chi connectivity index (χ0n) is 14.7. The van der Waals surface area contributed by atoms with E-state index in [9.17, 15) is 9.18 Å². The van der Waals surface area contributed by atoms with Crippen molar-refractivity contribution < 1.29 is 9.18 Å². The van der Waals surface area contributed by atoms with E-state index in [1.54, 1.807) is 23.2 Å². The van der Waals surface area contributed by atoms with Gasteiger partial charge < -0.3 is 15.5 Å². The number of hydrogen-bond donors (Lipinski definition) is 1. The van der Waals surface area contributed by atoms with Gasteiger partial charge in [0.15, 0.2) is 0 Å². The molecule has 26 heavy (non-hydrogen) atoms. The zero-order valence-corrected chi connectivity index (χ0v) is 14.7. The lowest BCUT2D eigenvalue weighted by Crippen LogP contribution is -2.54. The number of nitrogens with zero attached hydrogens (tertiary/aromatic N) is 4. The van der Waals surface area contributed by atoms with Gasteiger partial charge >= 0.3 is 0 Å². The fourth-order valence-electron chi connectivity index (χ4n) is 3.45. The highest BCUT2D eigenvalue weighted by atomic mass is 19.1. The van der Waals surface area contributed by atoms with E-state index in [1.807, 2.05) is 17.9 Å². The van der Waals surface area contributed by atoms with Gasteiger partial charge in [-0.15, -0.1) is 0 Å². The highest BCUT2D eigenvalue weighted by Crippen LogP contribution is 2.38. The van der Waals surface area contributed by atoms with Crippen LogP contribution in [0.1, 0.15) is 41.9 Å². The molecule has 1 atom stereocenters. The molecule has 2 N–H and O–H groups in total. The number of aromatic nitrogens is 2. The minimum atomic E-state index is -0.243. The second-order valence-corrected chi connectivity index (χ2v) is 7.05. The summed E-state index contributed by atoms with van der Waals surface area (Å²) in [7, 11) is 0. The van der Waals surface area contributed by atoms with E-state index in [4.69, 9.17) is 5.73 Å². The summed E-state index contributed by atoms with van der Waals surface area (Å²) < 4.78 is 14.0. The highest BCUT2D eigenvalue weighted by Gasteiger charge is 2.32. The van der Waals surface area contributed by atoms with E-state index in [-0.39, 0.29) is 23.6 Å². The number of para-hydroxylation sites is 1. The first-order chi connectivity index (χ1) is 12.5. The Morgan fingerprint density at radius 1 is 1.27 bits per heavy atom. The molecule has 136 valence electrons. The normalized spacial score (nSPS) is 20.3. The van der Waals surface area contributed by atoms with Crippen molar-refractivity contribution in [1.29, 1.82) is 0 Å². The molecule has 1 aromatic carbocycles. The Morgan fingerprint density at radius 3 is 2.69 bits per heavy atom. The van der Waals surface area contributed by atoms with E-state index in [2.05, 4.69) is 9.97 Å². The number of amides is 1. The molecule has 2 heterocycles. The van der Waals surface area contributed by atoms with E-state index in [0.29, 0.717) is 36.8 Å². The van der Waals surface area contributed by atoms with Crippen molar-refractivity contribution in [3.05, 3.63) is 47.7 Å². The third-order valence-electron chi connectivity index (χ3n) is 5.09. The molecule has 1 saturated heterocycles. The number of halogens is 1. The summed E-state index contributed by atoms with van der Waals surface area (Å²) in [6, 6.07) is 6.65. The van der Waals surface area contributed by atoms with Gasteiger partial charge in [-0.25, -0.2) is 14.4 Å². The first kappa shape index (κ1) is 16.8. The van der Waals surface area contributed by atoms with Crippen LogP contribution >= 0.6 is 0 Å². The van der Waals surface area contributed by atoms with Crippen LogP contribution in [0.15, 0.2) is 30.5 Å². The van der Waals surface area contributed by atoms with E-state index in [1.165, 1.54) is 6.07 Å². The second kappa shape index (κ2) is 6.55. The summed E-state index contributed by atoms with van der Waals surface area (Å²) in [5.41, 5.74) is 6.94. The number of anilines is 2. The minimum Gasteiger partial charge on any atom is -0.383 e. The number of benzene rings is 1. The van der Waals surface area contributed by atoms with Crippen LogP contribution in [0.25, 0.3) is 0 Å². The predicted octanol–water partition coefficient (Wildman–Crippen LogP) is 2.43. The summed E-state index contributed by atoms with van der Waals surface area (Å²) in [6.45, 7) is 3.59. The number of piperazine rings is 1. The molecule has 7 heteroatoms. The molecule has 2 fully saturated rings.